The second-order valence-electron chi connectivity index (χ2n) is 5.13. The molecule has 4 nitrogen and oxygen atoms in total. The minimum Gasteiger partial charge on any atom is -0.467 e. The number of rotatable bonds is 3. The molecule has 0 radical (unpaired) electrons. The Labute approximate surface area is 102 Å². The van der Waals surface area contributed by atoms with Gasteiger partial charge in [-0.1, -0.05) is 6.42 Å². The summed E-state index contributed by atoms with van der Waals surface area (Å²) in [6, 6.07) is 3.54. The van der Waals surface area contributed by atoms with Crippen molar-refractivity contribution in [2.45, 2.75) is 45.2 Å². The van der Waals surface area contributed by atoms with E-state index in [0.29, 0.717) is 0 Å². The van der Waals surface area contributed by atoms with E-state index in [9.17, 15) is 4.79 Å². The summed E-state index contributed by atoms with van der Waals surface area (Å²) in [7, 11) is 0. The first-order valence-corrected chi connectivity index (χ1v) is 6.14. The maximum Gasteiger partial charge on any atom is 0.228 e. The van der Waals surface area contributed by atoms with E-state index in [1.165, 1.54) is 0 Å². The van der Waals surface area contributed by atoms with Crippen LogP contribution in [0.4, 0.5) is 0 Å². The highest BCUT2D eigenvalue weighted by Gasteiger charge is 2.43. The van der Waals surface area contributed by atoms with E-state index >= 15 is 0 Å². The van der Waals surface area contributed by atoms with Crippen molar-refractivity contribution in [3.05, 3.63) is 24.2 Å². The molecule has 0 saturated heterocycles. The molecule has 1 saturated carbocycles. The van der Waals surface area contributed by atoms with Gasteiger partial charge in [0.1, 0.15) is 5.76 Å². The van der Waals surface area contributed by atoms with Gasteiger partial charge in [0, 0.05) is 6.04 Å². The van der Waals surface area contributed by atoms with Crippen LogP contribution in [0.15, 0.2) is 22.8 Å². The zero-order valence-electron chi connectivity index (χ0n) is 10.4. The van der Waals surface area contributed by atoms with Gasteiger partial charge in [-0.3, -0.25) is 4.79 Å². The molecule has 4 heteroatoms. The fraction of sp³-hybridized carbons (Fsp3) is 0.615. The van der Waals surface area contributed by atoms with Gasteiger partial charge in [0.2, 0.25) is 5.91 Å². The summed E-state index contributed by atoms with van der Waals surface area (Å²) in [4.78, 5) is 12.3. The Morgan fingerprint density at radius 3 is 3.00 bits per heavy atom. The van der Waals surface area contributed by atoms with E-state index in [1.807, 2.05) is 26.0 Å². The summed E-state index contributed by atoms with van der Waals surface area (Å²) >= 11 is 0. The zero-order chi connectivity index (χ0) is 12.5. The van der Waals surface area contributed by atoms with Crippen LogP contribution in [-0.4, -0.2) is 11.9 Å². The lowest BCUT2D eigenvalue weighted by Crippen LogP contribution is -2.47. The van der Waals surface area contributed by atoms with E-state index < -0.39 is 5.41 Å². The number of furan rings is 1. The molecule has 0 spiro atoms. The predicted octanol–water partition coefficient (Wildman–Crippen LogP) is 1.97. The van der Waals surface area contributed by atoms with Crippen LogP contribution in [0.25, 0.3) is 0 Å². The van der Waals surface area contributed by atoms with Crippen LogP contribution < -0.4 is 11.1 Å². The van der Waals surface area contributed by atoms with Crippen molar-refractivity contribution in [2.75, 3.05) is 0 Å². The van der Waals surface area contributed by atoms with E-state index in [0.717, 1.165) is 25.0 Å². The fourth-order valence-corrected chi connectivity index (χ4v) is 2.45. The molecular formula is C13H20N2O2. The van der Waals surface area contributed by atoms with Crippen molar-refractivity contribution in [3.8, 4) is 0 Å². The van der Waals surface area contributed by atoms with Gasteiger partial charge in [0.15, 0.2) is 0 Å². The van der Waals surface area contributed by atoms with Crippen LogP contribution >= 0.6 is 0 Å². The van der Waals surface area contributed by atoms with Crippen LogP contribution in [0.3, 0.4) is 0 Å². The summed E-state index contributed by atoms with van der Waals surface area (Å²) in [5.74, 6) is 0.805. The molecule has 2 rings (SSSR count). The Kier molecular flexibility index (Phi) is 3.24. The van der Waals surface area contributed by atoms with Crippen molar-refractivity contribution >= 4 is 5.91 Å². The highest BCUT2D eigenvalue weighted by Crippen LogP contribution is 2.37. The van der Waals surface area contributed by atoms with Crippen molar-refractivity contribution in [3.63, 3.8) is 0 Å². The van der Waals surface area contributed by atoms with Crippen LogP contribution in [0.2, 0.25) is 0 Å². The molecule has 0 aliphatic heterocycles. The molecule has 0 bridgehead atoms. The third-order valence-electron chi connectivity index (χ3n) is 3.87. The summed E-state index contributed by atoms with van der Waals surface area (Å²) in [6.45, 7) is 3.87. The van der Waals surface area contributed by atoms with Crippen LogP contribution in [0, 0.1) is 5.41 Å². The van der Waals surface area contributed by atoms with Crippen molar-refractivity contribution in [1.29, 1.82) is 0 Å². The smallest absolute Gasteiger partial charge is 0.228 e. The molecule has 0 aromatic carbocycles. The molecule has 1 aliphatic carbocycles. The van der Waals surface area contributed by atoms with Crippen LogP contribution in [0.5, 0.6) is 0 Å². The average Bonchev–Trinajstić information content (AvgIpc) is 2.90. The highest BCUT2D eigenvalue weighted by molar-refractivity contribution is 5.83. The highest BCUT2D eigenvalue weighted by atomic mass is 16.3. The number of hydrogen-bond acceptors (Lipinski definition) is 3. The molecule has 1 heterocycles. The van der Waals surface area contributed by atoms with Crippen LogP contribution in [0.1, 0.15) is 44.9 Å². The normalized spacial score (nSPS) is 30.2. The van der Waals surface area contributed by atoms with Crippen LogP contribution in [-0.2, 0) is 4.79 Å². The van der Waals surface area contributed by atoms with E-state index in [2.05, 4.69) is 5.32 Å². The molecule has 17 heavy (non-hydrogen) atoms. The lowest BCUT2D eigenvalue weighted by atomic mass is 9.84. The quantitative estimate of drug-likeness (QED) is 0.843. The number of carbonyl (C=O) groups excluding carboxylic acids is 1. The SMILES string of the molecule is C[C@@H](NC(=O)C1(C)CCCC1N)c1ccco1. The Morgan fingerprint density at radius 1 is 1.71 bits per heavy atom. The first-order valence-electron chi connectivity index (χ1n) is 6.14. The number of hydrogen-bond donors (Lipinski definition) is 2. The Bertz CT molecular complexity index is 388. The monoisotopic (exact) mass is 236 g/mol. The fourth-order valence-electron chi connectivity index (χ4n) is 2.45. The lowest BCUT2D eigenvalue weighted by molar-refractivity contribution is -0.131. The van der Waals surface area contributed by atoms with Crippen molar-refractivity contribution in [1.82, 2.24) is 5.32 Å². The topological polar surface area (TPSA) is 68.3 Å². The second-order valence-corrected chi connectivity index (χ2v) is 5.13. The van der Waals surface area contributed by atoms with Crippen molar-refractivity contribution in [2.24, 2.45) is 11.1 Å². The first kappa shape index (κ1) is 12.2. The Hall–Kier alpha value is -1.29. The Morgan fingerprint density at radius 2 is 2.47 bits per heavy atom. The number of carbonyl (C=O) groups is 1. The maximum atomic E-state index is 12.3. The summed E-state index contributed by atoms with van der Waals surface area (Å²) in [5, 5.41) is 2.98. The number of nitrogens with two attached hydrogens (primary N) is 1. The van der Waals surface area contributed by atoms with E-state index in [4.69, 9.17) is 10.2 Å². The minimum absolute atomic E-state index is 0.0337. The summed E-state index contributed by atoms with van der Waals surface area (Å²) in [6.07, 6.45) is 4.44. The Balaban J connectivity index is 2.02. The first-order chi connectivity index (χ1) is 8.04. The standard InChI is InChI=1S/C13H20N2O2/c1-9(10-5-4-8-17-10)15-12(16)13(2)7-3-6-11(13)14/h4-5,8-9,11H,3,6-7,14H2,1-2H3,(H,15,16)/t9-,11?,13?/m1/s1. The maximum absolute atomic E-state index is 12.3. The molecule has 1 fully saturated rings. The molecule has 94 valence electrons. The number of amides is 1. The molecule has 3 N–H and O–H groups in total. The third-order valence-corrected chi connectivity index (χ3v) is 3.87. The summed E-state index contributed by atoms with van der Waals surface area (Å²) in [5.41, 5.74) is 5.59. The molecular weight excluding hydrogens is 216 g/mol. The number of nitrogens with one attached hydrogen (secondary N) is 1. The second kappa shape index (κ2) is 4.53. The molecule has 1 amide bonds. The van der Waals surface area contributed by atoms with E-state index in [-0.39, 0.29) is 18.0 Å². The molecule has 3 atom stereocenters. The van der Waals surface area contributed by atoms with Gasteiger partial charge in [-0.25, -0.2) is 0 Å². The lowest BCUT2D eigenvalue weighted by Gasteiger charge is -2.28. The van der Waals surface area contributed by atoms with Gasteiger partial charge in [0.25, 0.3) is 0 Å². The van der Waals surface area contributed by atoms with Gasteiger partial charge < -0.3 is 15.5 Å². The summed E-state index contributed by atoms with van der Waals surface area (Å²) < 4.78 is 5.27. The molecule has 1 aromatic rings. The van der Waals surface area contributed by atoms with Gasteiger partial charge in [-0.15, -0.1) is 0 Å². The predicted molar refractivity (Wildman–Crippen MR) is 65.2 cm³/mol. The molecule has 1 aliphatic rings. The zero-order valence-corrected chi connectivity index (χ0v) is 10.4. The van der Waals surface area contributed by atoms with Crippen molar-refractivity contribution < 1.29 is 9.21 Å². The molecule has 2 unspecified atom stereocenters. The van der Waals surface area contributed by atoms with E-state index in [1.54, 1.807) is 6.26 Å². The average molecular weight is 236 g/mol. The minimum atomic E-state index is -0.430. The van der Waals surface area contributed by atoms with Gasteiger partial charge in [-0.2, -0.15) is 0 Å². The van der Waals surface area contributed by atoms with Gasteiger partial charge in [0.05, 0.1) is 17.7 Å². The largest absolute Gasteiger partial charge is 0.467 e. The molecule has 1 aromatic heterocycles. The van der Waals surface area contributed by atoms with Gasteiger partial charge >= 0.3 is 0 Å². The third kappa shape index (κ3) is 2.22. The van der Waals surface area contributed by atoms with Gasteiger partial charge in [-0.05, 0) is 38.8 Å².